The summed E-state index contributed by atoms with van der Waals surface area (Å²) < 4.78 is 0. The number of carbonyl (C=O) groups is 3. The minimum Gasteiger partial charge on any atom is -0.481 e. The first-order valence-electron chi connectivity index (χ1n) is 5.29. The van der Waals surface area contributed by atoms with E-state index in [4.69, 9.17) is 10.8 Å². The summed E-state index contributed by atoms with van der Waals surface area (Å²) in [5.41, 5.74) is 5.59. The third-order valence-electron chi connectivity index (χ3n) is 2.73. The Hall–Kier alpha value is -1.43. The van der Waals surface area contributed by atoms with Crippen molar-refractivity contribution in [1.82, 2.24) is 4.90 Å². The van der Waals surface area contributed by atoms with Crippen LogP contribution >= 0.6 is 0 Å². The van der Waals surface area contributed by atoms with Crippen LogP contribution in [0.2, 0.25) is 0 Å². The molecule has 2 atom stereocenters. The van der Waals surface area contributed by atoms with Gasteiger partial charge < -0.3 is 20.5 Å². The molecule has 1 aliphatic rings. The van der Waals surface area contributed by atoms with Crippen molar-refractivity contribution in [3.63, 3.8) is 0 Å². The standard InChI is InChI=1S/C10H16N2O4/c11-8(3-4-9(14)15)10(16)12-5-1-2-7(12)6-13/h6-8H,1-5,11H2,(H,14,15)/t7-,8-/m0/s1. The highest BCUT2D eigenvalue weighted by Gasteiger charge is 2.31. The maximum atomic E-state index is 11.8. The van der Waals surface area contributed by atoms with Crippen LogP contribution in [0.1, 0.15) is 25.7 Å². The molecule has 1 saturated heterocycles. The van der Waals surface area contributed by atoms with Gasteiger partial charge >= 0.3 is 5.97 Å². The topological polar surface area (TPSA) is 101 Å². The van der Waals surface area contributed by atoms with E-state index < -0.39 is 12.0 Å². The first kappa shape index (κ1) is 12.6. The Bertz CT molecular complexity index is 293. The van der Waals surface area contributed by atoms with Crippen molar-refractivity contribution in [1.29, 1.82) is 0 Å². The number of nitrogens with two attached hydrogens (primary N) is 1. The largest absolute Gasteiger partial charge is 0.481 e. The molecule has 1 heterocycles. The molecule has 0 aromatic carbocycles. The van der Waals surface area contributed by atoms with Crippen LogP contribution in [-0.2, 0) is 14.4 Å². The van der Waals surface area contributed by atoms with Gasteiger partial charge in [-0.25, -0.2) is 0 Å². The number of hydrogen-bond acceptors (Lipinski definition) is 4. The van der Waals surface area contributed by atoms with E-state index in [1.54, 1.807) is 0 Å². The number of likely N-dealkylation sites (tertiary alicyclic amines) is 1. The number of amides is 1. The Morgan fingerprint density at radius 1 is 1.56 bits per heavy atom. The smallest absolute Gasteiger partial charge is 0.303 e. The fraction of sp³-hybridized carbons (Fsp3) is 0.700. The molecule has 0 aliphatic carbocycles. The Kier molecular flexibility index (Phi) is 4.42. The van der Waals surface area contributed by atoms with Crippen molar-refractivity contribution in [2.24, 2.45) is 5.73 Å². The fourth-order valence-corrected chi connectivity index (χ4v) is 1.82. The second-order valence-corrected chi connectivity index (χ2v) is 3.92. The zero-order chi connectivity index (χ0) is 12.1. The lowest BCUT2D eigenvalue weighted by Crippen LogP contribution is -2.46. The second-order valence-electron chi connectivity index (χ2n) is 3.92. The Morgan fingerprint density at radius 3 is 2.81 bits per heavy atom. The molecule has 0 radical (unpaired) electrons. The number of aldehydes is 1. The highest BCUT2D eigenvalue weighted by atomic mass is 16.4. The van der Waals surface area contributed by atoms with E-state index in [0.29, 0.717) is 13.0 Å². The van der Waals surface area contributed by atoms with Crippen LogP contribution in [-0.4, -0.2) is 46.8 Å². The van der Waals surface area contributed by atoms with Gasteiger partial charge in [-0.3, -0.25) is 9.59 Å². The van der Waals surface area contributed by atoms with Crippen molar-refractivity contribution in [2.75, 3.05) is 6.54 Å². The molecule has 6 nitrogen and oxygen atoms in total. The predicted molar refractivity (Wildman–Crippen MR) is 55.6 cm³/mol. The van der Waals surface area contributed by atoms with Crippen molar-refractivity contribution in [2.45, 2.75) is 37.8 Å². The molecule has 0 aromatic rings. The first-order valence-corrected chi connectivity index (χ1v) is 5.29. The molecule has 0 spiro atoms. The van der Waals surface area contributed by atoms with Gasteiger partial charge in [0, 0.05) is 13.0 Å². The highest BCUT2D eigenvalue weighted by Crippen LogP contribution is 2.16. The maximum Gasteiger partial charge on any atom is 0.303 e. The van der Waals surface area contributed by atoms with E-state index in [1.165, 1.54) is 4.90 Å². The Labute approximate surface area is 93.4 Å². The van der Waals surface area contributed by atoms with Crippen LogP contribution in [0.25, 0.3) is 0 Å². The Morgan fingerprint density at radius 2 is 2.25 bits per heavy atom. The van der Waals surface area contributed by atoms with Gasteiger partial charge in [0.15, 0.2) is 0 Å². The molecule has 1 amide bonds. The summed E-state index contributed by atoms with van der Waals surface area (Å²) in [7, 11) is 0. The van der Waals surface area contributed by atoms with Crippen LogP contribution < -0.4 is 5.73 Å². The summed E-state index contributed by atoms with van der Waals surface area (Å²) in [5, 5.41) is 8.47. The molecule has 1 fully saturated rings. The monoisotopic (exact) mass is 228 g/mol. The highest BCUT2D eigenvalue weighted by molar-refractivity contribution is 5.85. The second kappa shape index (κ2) is 5.60. The number of carboxylic acid groups (broad SMARTS) is 1. The zero-order valence-corrected chi connectivity index (χ0v) is 8.96. The fourth-order valence-electron chi connectivity index (χ4n) is 1.82. The molecule has 6 heteroatoms. The van der Waals surface area contributed by atoms with Crippen molar-refractivity contribution in [3.8, 4) is 0 Å². The average Bonchev–Trinajstić information content (AvgIpc) is 2.72. The van der Waals surface area contributed by atoms with Gasteiger partial charge in [0.05, 0.1) is 12.1 Å². The van der Waals surface area contributed by atoms with Gasteiger partial charge in [-0.2, -0.15) is 0 Å². The molecule has 0 saturated carbocycles. The lowest BCUT2D eigenvalue weighted by molar-refractivity contribution is -0.138. The van der Waals surface area contributed by atoms with Crippen molar-refractivity contribution >= 4 is 18.2 Å². The third kappa shape index (κ3) is 3.03. The van der Waals surface area contributed by atoms with Gasteiger partial charge in [0.25, 0.3) is 0 Å². The average molecular weight is 228 g/mol. The summed E-state index contributed by atoms with van der Waals surface area (Å²) >= 11 is 0. The molecule has 90 valence electrons. The summed E-state index contributed by atoms with van der Waals surface area (Å²) in [6.45, 7) is 0.531. The SMILES string of the molecule is N[C@@H](CCC(=O)O)C(=O)N1CCC[C@H]1C=O. The molecule has 1 rings (SSSR count). The van der Waals surface area contributed by atoms with Gasteiger partial charge in [0.2, 0.25) is 5.91 Å². The Balaban J connectivity index is 2.49. The number of rotatable bonds is 5. The number of nitrogens with zero attached hydrogens (tertiary/aromatic N) is 1. The van der Waals surface area contributed by atoms with Gasteiger partial charge in [-0.05, 0) is 19.3 Å². The lowest BCUT2D eigenvalue weighted by atomic mass is 10.1. The molecule has 1 aliphatic heterocycles. The molecular formula is C10H16N2O4. The zero-order valence-electron chi connectivity index (χ0n) is 8.96. The molecule has 0 bridgehead atoms. The molecular weight excluding hydrogens is 212 g/mol. The van der Waals surface area contributed by atoms with E-state index in [9.17, 15) is 14.4 Å². The van der Waals surface area contributed by atoms with Crippen molar-refractivity contribution in [3.05, 3.63) is 0 Å². The van der Waals surface area contributed by atoms with Crippen LogP contribution in [0.15, 0.2) is 0 Å². The summed E-state index contributed by atoms with van der Waals surface area (Å²) in [4.78, 5) is 34.2. The number of aliphatic carboxylic acids is 1. The van der Waals surface area contributed by atoms with Crippen LogP contribution in [0.3, 0.4) is 0 Å². The van der Waals surface area contributed by atoms with E-state index in [2.05, 4.69) is 0 Å². The van der Waals surface area contributed by atoms with Gasteiger partial charge in [-0.1, -0.05) is 0 Å². The van der Waals surface area contributed by atoms with Crippen molar-refractivity contribution < 1.29 is 19.5 Å². The summed E-state index contributed by atoms with van der Waals surface area (Å²) in [6.07, 6.45) is 2.18. The number of carbonyl (C=O) groups excluding carboxylic acids is 2. The van der Waals surface area contributed by atoms with E-state index in [-0.39, 0.29) is 24.8 Å². The maximum absolute atomic E-state index is 11.8. The summed E-state index contributed by atoms with van der Waals surface area (Å²) in [5.74, 6) is -1.30. The number of carboxylic acids is 1. The predicted octanol–water partition coefficient (Wildman–Crippen LogP) is -0.632. The minimum atomic E-state index is -0.975. The molecule has 3 N–H and O–H groups in total. The molecule has 0 unspecified atom stereocenters. The van der Waals surface area contributed by atoms with Crippen LogP contribution in [0, 0.1) is 0 Å². The lowest BCUT2D eigenvalue weighted by Gasteiger charge is -2.23. The van der Waals surface area contributed by atoms with Gasteiger partial charge in [-0.15, -0.1) is 0 Å². The molecule has 16 heavy (non-hydrogen) atoms. The van der Waals surface area contributed by atoms with Crippen LogP contribution in [0.5, 0.6) is 0 Å². The minimum absolute atomic E-state index is 0.107. The van der Waals surface area contributed by atoms with E-state index >= 15 is 0 Å². The number of hydrogen-bond donors (Lipinski definition) is 2. The summed E-state index contributed by atoms with van der Waals surface area (Å²) in [6, 6.07) is -1.21. The molecule has 0 aromatic heterocycles. The van der Waals surface area contributed by atoms with E-state index in [1.807, 2.05) is 0 Å². The quantitative estimate of drug-likeness (QED) is 0.610. The third-order valence-corrected chi connectivity index (χ3v) is 2.73. The van der Waals surface area contributed by atoms with Crippen LogP contribution in [0.4, 0.5) is 0 Å². The first-order chi connectivity index (χ1) is 7.56. The van der Waals surface area contributed by atoms with E-state index in [0.717, 1.165) is 12.7 Å². The normalized spacial score (nSPS) is 21.8. The van der Waals surface area contributed by atoms with Gasteiger partial charge in [0.1, 0.15) is 6.29 Å².